The molecule has 1 aliphatic carbocycles. The maximum Gasteiger partial charge on any atom is -0.00106 e. The van der Waals surface area contributed by atoms with Gasteiger partial charge in [-0.2, -0.15) is 0 Å². The molecule has 0 radical (unpaired) electrons. The molecule has 0 heterocycles. The summed E-state index contributed by atoms with van der Waals surface area (Å²) in [6, 6.07) is 13.6. The molecule has 98 valence electrons. The first-order valence-corrected chi connectivity index (χ1v) is 7.42. The van der Waals surface area contributed by atoms with Crippen LogP contribution in [0.4, 0.5) is 0 Å². The Morgan fingerprint density at radius 3 is 2.53 bits per heavy atom. The van der Waals surface area contributed by atoms with Crippen molar-refractivity contribution in [1.82, 2.24) is 0 Å². The lowest BCUT2D eigenvalue weighted by atomic mass is 9.90. The number of rotatable bonds is 3. The fourth-order valence-electron chi connectivity index (χ4n) is 3.39. The van der Waals surface area contributed by atoms with Crippen molar-refractivity contribution in [2.75, 3.05) is 0 Å². The molecular formula is C19H22. The largest absolute Gasteiger partial charge is 0.0625 e. The summed E-state index contributed by atoms with van der Waals surface area (Å²) in [5, 5.41) is 0. The van der Waals surface area contributed by atoms with Gasteiger partial charge in [0, 0.05) is 0 Å². The molecule has 0 fully saturated rings. The fourth-order valence-corrected chi connectivity index (χ4v) is 3.39. The second-order valence-electron chi connectivity index (χ2n) is 6.01. The second kappa shape index (κ2) is 4.85. The van der Waals surface area contributed by atoms with Crippen LogP contribution in [-0.2, 0) is 19.3 Å². The Morgan fingerprint density at radius 2 is 1.79 bits per heavy atom. The molecular weight excluding hydrogens is 228 g/mol. The zero-order chi connectivity index (χ0) is 13.4. The lowest BCUT2D eigenvalue weighted by molar-refractivity contribution is 0.642. The van der Waals surface area contributed by atoms with Crippen LogP contribution in [0, 0.1) is 5.92 Å². The summed E-state index contributed by atoms with van der Waals surface area (Å²) in [4.78, 5) is 0. The molecule has 0 unspecified atom stereocenters. The highest BCUT2D eigenvalue weighted by Gasteiger charge is 2.21. The zero-order valence-electron chi connectivity index (χ0n) is 12.2. The quantitative estimate of drug-likeness (QED) is 0.612. The van der Waals surface area contributed by atoms with E-state index in [1.807, 2.05) is 0 Å². The Morgan fingerprint density at radius 1 is 1.00 bits per heavy atom. The van der Waals surface area contributed by atoms with Gasteiger partial charge in [-0.3, -0.25) is 0 Å². The Hall–Kier alpha value is -1.56. The van der Waals surface area contributed by atoms with Crippen LogP contribution < -0.4 is 0 Å². The zero-order valence-corrected chi connectivity index (χ0v) is 12.2. The molecule has 0 bridgehead atoms. The molecule has 1 aliphatic rings. The van der Waals surface area contributed by atoms with E-state index in [1.54, 1.807) is 16.7 Å². The molecule has 19 heavy (non-hydrogen) atoms. The maximum atomic E-state index is 2.36. The van der Waals surface area contributed by atoms with Crippen LogP contribution >= 0.6 is 0 Å². The topological polar surface area (TPSA) is 0 Å². The summed E-state index contributed by atoms with van der Waals surface area (Å²) in [5.74, 6) is 0.729. The standard InChI is InChI=1S/C19H22/c1-4-16-15(11-13(2)3)9-10-18-17-8-6-5-7-14(17)12-19(16)18/h5-10,13H,4,11-12H2,1-3H3. The van der Waals surface area contributed by atoms with E-state index in [1.165, 1.54) is 23.1 Å². The summed E-state index contributed by atoms with van der Waals surface area (Å²) >= 11 is 0. The average Bonchev–Trinajstić information content (AvgIpc) is 2.76. The molecule has 0 aromatic heterocycles. The Balaban J connectivity index is 2.12. The molecule has 3 rings (SSSR count). The number of benzene rings is 2. The van der Waals surface area contributed by atoms with Gasteiger partial charge in [-0.05, 0) is 58.6 Å². The first-order valence-electron chi connectivity index (χ1n) is 7.42. The SMILES string of the molecule is CCc1c(CC(C)C)ccc2c1Cc1ccccc1-2. The number of hydrogen-bond donors (Lipinski definition) is 0. The third kappa shape index (κ3) is 2.10. The molecule has 0 saturated carbocycles. The number of fused-ring (bicyclic) bond motifs is 3. The molecule has 0 saturated heterocycles. The first kappa shape index (κ1) is 12.5. The highest BCUT2D eigenvalue weighted by Crippen LogP contribution is 2.39. The van der Waals surface area contributed by atoms with Gasteiger partial charge in [-0.15, -0.1) is 0 Å². The van der Waals surface area contributed by atoms with Crippen LogP contribution in [0.3, 0.4) is 0 Å². The van der Waals surface area contributed by atoms with E-state index < -0.39 is 0 Å². The van der Waals surface area contributed by atoms with Crippen molar-refractivity contribution in [3.8, 4) is 11.1 Å². The van der Waals surface area contributed by atoms with Crippen molar-refractivity contribution >= 4 is 0 Å². The van der Waals surface area contributed by atoms with Gasteiger partial charge in [0.1, 0.15) is 0 Å². The average molecular weight is 250 g/mol. The highest BCUT2D eigenvalue weighted by atomic mass is 14.3. The van der Waals surface area contributed by atoms with E-state index in [0.717, 1.165) is 18.8 Å². The second-order valence-corrected chi connectivity index (χ2v) is 6.01. The van der Waals surface area contributed by atoms with Crippen molar-refractivity contribution in [2.24, 2.45) is 5.92 Å². The molecule has 2 aromatic rings. The monoisotopic (exact) mass is 250 g/mol. The summed E-state index contributed by atoms with van der Waals surface area (Å²) in [5.41, 5.74) is 9.16. The van der Waals surface area contributed by atoms with Gasteiger partial charge in [0.15, 0.2) is 0 Å². The highest BCUT2D eigenvalue weighted by molar-refractivity contribution is 5.78. The van der Waals surface area contributed by atoms with E-state index >= 15 is 0 Å². The molecule has 0 atom stereocenters. The van der Waals surface area contributed by atoms with Gasteiger partial charge in [0.25, 0.3) is 0 Å². The van der Waals surface area contributed by atoms with Crippen LogP contribution in [0.15, 0.2) is 36.4 Å². The summed E-state index contributed by atoms with van der Waals surface area (Å²) in [7, 11) is 0. The molecule has 0 N–H and O–H groups in total. The lowest BCUT2D eigenvalue weighted by Gasteiger charge is -2.15. The van der Waals surface area contributed by atoms with E-state index in [0.29, 0.717) is 0 Å². The Bertz CT molecular complexity index is 605. The predicted octanol–water partition coefficient (Wildman–Crippen LogP) is 5.02. The van der Waals surface area contributed by atoms with E-state index in [-0.39, 0.29) is 0 Å². The molecule has 2 aromatic carbocycles. The minimum absolute atomic E-state index is 0.729. The Kier molecular flexibility index (Phi) is 3.18. The van der Waals surface area contributed by atoms with Crippen molar-refractivity contribution < 1.29 is 0 Å². The normalized spacial score (nSPS) is 12.6. The molecule has 0 nitrogen and oxygen atoms in total. The van der Waals surface area contributed by atoms with E-state index in [4.69, 9.17) is 0 Å². The van der Waals surface area contributed by atoms with Crippen LogP contribution in [0.2, 0.25) is 0 Å². The van der Waals surface area contributed by atoms with Crippen molar-refractivity contribution in [1.29, 1.82) is 0 Å². The van der Waals surface area contributed by atoms with Crippen molar-refractivity contribution in [3.05, 3.63) is 58.7 Å². The van der Waals surface area contributed by atoms with Crippen LogP contribution in [0.5, 0.6) is 0 Å². The van der Waals surface area contributed by atoms with Gasteiger partial charge in [0.05, 0.1) is 0 Å². The molecule has 0 aliphatic heterocycles. The van der Waals surface area contributed by atoms with E-state index in [2.05, 4.69) is 57.2 Å². The Labute approximate surface area is 116 Å². The lowest BCUT2D eigenvalue weighted by Crippen LogP contribution is -2.02. The summed E-state index contributed by atoms with van der Waals surface area (Å²) in [6.45, 7) is 6.91. The van der Waals surface area contributed by atoms with Crippen LogP contribution in [0.1, 0.15) is 43.0 Å². The van der Waals surface area contributed by atoms with E-state index in [9.17, 15) is 0 Å². The third-order valence-electron chi connectivity index (χ3n) is 4.18. The van der Waals surface area contributed by atoms with Gasteiger partial charge >= 0.3 is 0 Å². The van der Waals surface area contributed by atoms with Gasteiger partial charge in [0.2, 0.25) is 0 Å². The van der Waals surface area contributed by atoms with Gasteiger partial charge in [-0.25, -0.2) is 0 Å². The maximum absolute atomic E-state index is 2.36. The smallest absolute Gasteiger partial charge is 0.00106 e. The van der Waals surface area contributed by atoms with Crippen LogP contribution in [-0.4, -0.2) is 0 Å². The minimum Gasteiger partial charge on any atom is -0.0625 e. The molecule has 0 spiro atoms. The van der Waals surface area contributed by atoms with Gasteiger partial charge < -0.3 is 0 Å². The van der Waals surface area contributed by atoms with Gasteiger partial charge in [-0.1, -0.05) is 57.2 Å². The number of hydrogen-bond acceptors (Lipinski definition) is 0. The van der Waals surface area contributed by atoms with Crippen LogP contribution in [0.25, 0.3) is 11.1 Å². The summed E-state index contributed by atoms with van der Waals surface area (Å²) in [6.07, 6.45) is 3.48. The fraction of sp³-hybridized carbons (Fsp3) is 0.368. The van der Waals surface area contributed by atoms with Crippen molar-refractivity contribution in [2.45, 2.75) is 40.0 Å². The summed E-state index contributed by atoms with van der Waals surface area (Å²) < 4.78 is 0. The molecule has 0 heteroatoms. The van der Waals surface area contributed by atoms with Crippen molar-refractivity contribution in [3.63, 3.8) is 0 Å². The molecule has 0 amide bonds. The minimum atomic E-state index is 0.729. The first-order chi connectivity index (χ1) is 9.20. The third-order valence-corrected chi connectivity index (χ3v) is 4.18. The predicted molar refractivity (Wildman–Crippen MR) is 82.6 cm³/mol.